The minimum Gasteiger partial charge on any atom is -0.207 e. The highest BCUT2D eigenvalue weighted by atomic mass is 19.1. The number of rotatable bonds is 0. The lowest BCUT2D eigenvalue weighted by molar-refractivity contribution is 0.628. The summed E-state index contributed by atoms with van der Waals surface area (Å²) in [4.78, 5) is 0. The minimum absolute atomic E-state index is 0.119. The molecule has 0 aliphatic heterocycles. The maximum absolute atomic E-state index is 12.4. The van der Waals surface area contributed by atoms with Crippen LogP contribution in [0.25, 0.3) is 0 Å². The number of benzene rings is 1. The van der Waals surface area contributed by atoms with Gasteiger partial charge in [-0.1, -0.05) is 18.2 Å². The zero-order valence-corrected chi connectivity index (χ0v) is 3.53. The van der Waals surface area contributed by atoms with Gasteiger partial charge in [0.1, 0.15) is 5.82 Å². The van der Waals surface area contributed by atoms with E-state index in [0.29, 0.717) is 0 Å². The zero-order chi connectivity index (χ0) is 7.72. The molecule has 0 saturated heterocycles. The fourth-order valence-electron chi connectivity index (χ4n) is 0.294. The molecule has 36 valence electrons. The Morgan fingerprint density at radius 2 is 2.43 bits per heavy atom. The van der Waals surface area contributed by atoms with E-state index < -0.39 is 11.9 Å². The molecule has 1 aromatic carbocycles. The molecule has 0 aliphatic carbocycles. The van der Waals surface area contributed by atoms with E-state index in [1.165, 1.54) is 0 Å². The third-order valence-corrected chi connectivity index (χ3v) is 0.567. The van der Waals surface area contributed by atoms with Crippen molar-refractivity contribution >= 4 is 0 Å². The van der Waals surface area contributed by atoms with Gasteiger partial charge in [-0.3, -0.25) is 0 Å². The van der Waals surface area contributed by atoms with Gasteiger partial charge in [-0.05, 0) is 12.1 Å². The Labute approximate surface area is 45.8 Å². The molecule has 0 atom stereocenters. The molecule has 0 bridgehead atoms. The van der Waals surface area contributed by atoms with Crippen LogP contribution in [0.5, 0.6) is 0 Å². The molecule has 1 rings (SSSR count). The Balaban J connectivity index is 3.34. The Bertz CT molecular complexity index is 232. The summed E-state index contributed by atoms with van der Waals surface area (Å²) in [7, 11) is 0. The molecule has 0 aromatic heterocycles. The number of hydrogen-bond acceptors (Lipinski definition) is 0. The Morgan fingerprint density at radius 1 is 1.57 bits per heavy atom. The van der Waals surface area contributed by atoms with E-state index in [2.05, 4.69) is 0 Å². The van der Waals surface area contributed by atoms with Crippen LogP contribution in [0.15, 0.2) is 30.3 Å². The second kappa shape index (κ2) is 1.73. The van der Waals surface area contributed by atoms with E-state index >= 15 is 0 Å². The summed E-state index contributed by atoms with van der Waals surface area (Å²) >= 11 is 0. The van der Waals surface area contributed by atoms with Gasteiger partial charge in [0.15, 0.2) is 0 Å². The first kappa shape index (κ1) is 1.95. The standard InChI is InChI=1S/C6H5F/c7-6-4-2-1-3-5-6/h1-5H/i1D,2D,4D. The molecular weight excluding hydrogens is 91.1 g/mol. The predicted molar refractivity (Wildman–Crippen MR) is 26.4 cm³/mol. The van der Waals surface area contributed by atoms with Crippen LogP contribution in [0.4, 0.5) is 4.39 Å². The van der Waals surface area contributed by atoms with Crippen LogP contribution < -0.4 is 0 Å². The van der Waals surface area contributed by atoms with Gasteiger partial charge in [0.25, 0.3) is 0 Å². The molecule has 0 aliphatic rings. The average molecular weight is 99.1 g/mol. The summed E-state index contributed by atoms with van der Waals surface area (Å²) in [6, 6.07) is 1.19. The van der Waals surface area contributed by atoms with Crippen LogP contribution in [0.1, 0.15) is 4.11 Å². The third kappa shape index (κ3) is 1.000. The molecule has 0 radical (unpaired) electrons. The van der Waals surface area contributed by atoms with Crippen molar-refractivity contribution in [3.05, 3.63) is 36.1 Å². The molecule has 1 aromatic rings. The Kier molecular flexibility index (Phi) is 0.483. The third-order valence-electron chi connectivity index (χ3n) is 0.567. The van der Waals surface area contributed by atoms with Crippen LogP contribution in [0.3, 0.4) is 0 Å². The van der Waals surface area contributed by atoms with Gasteiger partial charge in [-0.2, -0.15) is 0 Å². The summed E-state index contributed by atoms with van der Waals surface area (Å²) in [6.07, 6.45) is 0. The van der Waals surface area contributed by atoms with E-state index in [1.54, 1.807) is 0 Å². The summed E-state index contributed by atoms with van der Waals surface area (Å²) < 4.78 is 33.2. The van der Waals surface area contributed by atoms with Crippen LogP contribution >= 0.6 is 0 Å². The van der Waals surface area contributed by atoms with Crippen molar-refractivity contribution in [3.63, 3.8) is 0 Å². The molecule has 0 spiro atoms. The van der Waals surface area contributed by atoms with Crippen molar-refractivity contribution in [2.24, 2.45) is 0 Å². The van der Waals surface area contributed by atoms with Crippen molar-refractivity contribution in [1.82, 2.24) is 0 Å². The van der Waals surface area contributed by atoms with E-state index in [0.717, 1.165) is 12.1 Å². The van der Waals surface area contributed by atoms with Crippen molar-refractivity contribution < 1.29 is 8.50 Å². The molecule has 1 heteroatoms. The van der Waals surface area contributed by atoms with Gasteiger partial charge in [-0.15, -0.1) is 0 Å². The number of halogens is 1. The summed E-state index contributed by atoms with van der Waals surface area (Å²) in [6.45, 7) is 0. The zero-order valence-electron chi connectivity index (χ0n) is 6.53. The van der Waals surface area contributed by atoms with Gasteiger partial charge in [0.05, 0.1) is 4.11 Å². The molecule has 7 heavy (non-hydrogen) atoms. The molecule has 0 saturated carbocycles. The highest BCUT2D eigenvalue weighted by Gasteiger charge is 1.77. The topological polar surface area (TPSA) is 0 Å². The largest absolute Gasteiger partial charge is 0.207 e. The van der Waals surface area contributed by atoms with E-state index in [9.17, 15) is 4.39 Å². The Morgan fingerprint density at radius 3 is 3.14 bits per heavy atom. The van der Waals surface area contributed by atoms with Crippen molar-refractivity contribution in [2.45, 2.75) is 0 Å². The lowest BCUT2D eigenvalue weighted by atomic mass is 10.4. The second-order valence-corrected chi connectivity index (χ2v) is 1.08. The van der Waals surface area contributed by atoms with Crippen LogP contribution in [0.2, 0.25) is 0 Å². The fraction of sp³-hybridized carbons (Fsp3) is 0. The maximum Gasteiger partial charge on any atom is 0.123 e. The first-order chi connectivity index (χ1) is 4.63. The van der Waals surface area contributed by atoms with Gasteiger partial charge in [-0.25, -0.2) is 4.39 Å². The molecule has 0 nitrogen and oxygen atoms in total. The van der Waals surface area contributed by atoms with Crippen molar-refractivity contribution in [1.29, 1.82) is 0 Å². The average Bonchev–Trinajstić information content (AvgIpc) is 1.93. The monoisotopic (exact) mass is 99.1 g/mol. The van der Waals surface area contributed by atoms with Crippen molar-refractivity contribution in [2.75, 3.05) is 0 Å². The quantitative estimate of drug-likeness (QED) is 0.465. The van der Waals surface area contributed by atoms with Gasteiger partial charge in [0.2, 0.25) is 0 Å². The summed E-state index contributed by atoms with van der Waals surface area (Å²) in [5.74, 6) is -0.749. The van der Waals surface area contributed by atoms with Gasteiger partial charge >= 0.3 is 0 Å². The predicted octanol–water partition coefficient (Wildman–Crippen LogP) is 1.83. The molecule has 0 N–H and O–H groups in total. The second-order valence-electron chi connectivity index (χ2n) is 1.08. The molecule has 0 amide bonds. The Hall–Kier alpha value is -0.850. The highest BCUT2D eigenvalue weighted by molar-refractivity contribution is 5.02. The summed E-state index contributed by atoms with van der Waals surface area (Å²) in [5, 5.41) is 0. The first-order valence-corrected chi connectivity index (χ1v) is 1.85. The van der Waals surface area contributed by atoms with E-state index in [-0.39, 0.29) is 12.1 Å². The summed E-state index contributed by atoms with van der Waals surface area (Å²) in [5.41, 5.74) is 0. The SMILES string of the molecule is [2H]c1ccc(F)c([2H])c1[2H]. The fourth-order valence-corrected chi connectivity index (χ4v) is 0.294. The lowest BCUT2D eigenvalue weighted by Gasteiger charge is -1.78. The molecule has 0 unspecified atom stereocenters. The highest BCUT2D eigenvalue weighted by Crippen LogP contribution is 1.91. The maximum atomic E-state index is 12.4. The van der Waals surface area contributed by atoms with Gasteiger partial charge < -0.3 is 0 Å². The molecule has 0 heterocycles. The van der Waals surface area contributed by atoms with Crippen LogP contribution in [0, 0.1) is 5.82 Å². The molecule has 0 fully saturated rings. The number of hydrogen-bond donors (Lipinski definition) is 0. The minimum atomic E-state index is -0.749. The lowest BCUT2D eigenvalue weighted by Crippen LogP contribution is -1.63. The first-order valence-electron chi connectivity index (χ1n) is 3.35. The van der Waals surface area contributed by atoms with E-state index in [4.69, 9.17) is 4.11 Å². The van der Waals surface area contributed by atoms with Crippen LogP contribution in [-0.4, -0.2) is 0 Å². The smallest absolute Gasteiger partial charge is 0.123 e. The van der Waals surface area contributed by atoms with E-state index in [1.807, 2.05) is 0 Å². The van der Waals surface area contributed by atoms with Crippen molar-refractivity contribution in [3.8, 4) is 0 Å². The van der Waals surface area contributed by atoms with Crippen LogP contribution in [-0.2, 0) is 0 Å². The van der Waals surface area contributed by atoms with Gasteiger partial charge in [0, 0.05) is 0 Å². The normalized spacial score (nSPS) is 14.7. The molecular formula is C6H5F.